The van der Waals surface area contributed by atoms with Gasteiger partial charge < -0.3 is 5.11 Å². The summed E-state index contributed by atoms with van der Waals surface area (Å²) >= 11 is 1.92. The summed E-state index contributed by atoms with van der Waals surface area (Å²) < 4.78 is 1.67. The fraction of sp³-hybridized carbons (Fsp3) is 0.385. The lowest BCUT2D eigenvalue weighted by molar-refractivity contribution is 0.0689. The monoisotopic (exact) mass is 262 g/mol. The van der Waals surface area contributed by atoms with Gasteiger partial charge in [0.1, 0.15) is 11.3 Å². The van der Waals surface area contributed by atoms with Gasteiger partial charge in [0.15, 0.2) is 0 Å². The van der Waals surface area contributed by atoms with Crippen LogP contribution in [0.4, 0.5) is 0 Å². The number of carbonyl (C=O) groups is 1. The quantitative estimate of drug-likeness (QED) is 0.904. The molecule has 0 aliphatic carbocycles. The molecule has 0 saturated carbocycles. The van der Waals surface area contributed by atoms with E-state index in [2.05, 4.69) is 4.98 Å². The zero-order valence-corrected chi connectivity index (χ0v) is 10.7. The molecule has 1 N–H and O–H groups in total. The van der Waals surface area contributed by atoms with E-state index in [9.17, 15) is 4.79 Å². The van der Waals surface area contributed by atoms with Crippen molar-refractivity contribution in [1.29, 1.82) is 0 Å². The zero-order chi connectivity index (χ0) is 12.5. The van der Waals surface area contributed by atoms with Gasteiger partial charge in [-0.25, -0.2) is 9.78 Å². The Morgan fingerprint density at radius 2 is 2.33 bits per heavy atom. The molecule has 0 bridgehead atoms. The lowest BCUT2D eigenvalue weighted by atomic mass is 10.1. The molecule has 94 valence electrons. The molecule has 0 amide bonds. The van der Waals surface area contributed by atoms with Crippen LogP contribution in [0.3, 0.4) is 0 Å². The standard InChI is InChI=1S/C13H14N2O2S/c16-13(17)10-4-3-6-12-14-9(8-15(10)12)11-5-1-2-7-18-11/h3-4,6,8,11H,1-2,5,7H2,(H,16,17). The fourth-order valence-electron chi connectivity index (χ4n) is 2.33. The van der Waals surface area contributed by atoms with Gasteiger partial charge in [0.25, 0.3) is 0 Å². The maximum atomic E-state index is 11.1. The topological polar surface area (TPSA) is 54.6 Å². The molecule has 3 heterocycles. The molecule has 18 heavy (non-hydrogen) atoms. The number of hydrogen-bond donors (Lipinski definition) is 1. The molecule has 1 aliphatic heterocycles. The van der Waals surface area contributed by atoms with Gasteiger partial charge >= 0.3 is 5.97 Å². The van der Waals surface area contributed by atoms with E-state index in [1.807, 2.05) is 24.0 Å². The Morgan fingerprint density at radius 3 is 3.06 bits per heavy atom. The lowest BCUT2D eigenvalue weighted by Crippen LogP contribution is -2.04. The number of aromatic nitrogens is 2. The molecule has 5 heteroatoms. The van der Waals surface area contributed by atoms with Gasteiger partial charge in [0.2, 0.25) is 0 Å². The van der Waals surface area contributed by atoms with E-state index in [4.69, 9.17) is 5.11 Å². The van der Waals surface area contributed by atoms with Gasteiger partial charge in [-0.1, -0.05) is 12.5 Å². The minimum absolute atomic E-state index is 0.270. The fourth-order valence-corrected chi connectivity index (χ4v) is 3.61. The number of nitrogens with zero attached hydrogens (tertiary/aromatic N) is 2. The molecular weight excluding hydrogens is 248 g/mol. The second kappa shape index (κ2) is 4.65. The largest absolute Gasteiger partial charge is 0.477 e. The van der Waals surface area contributed by atoms with Gasteiger partial charge in [-0.15, -0.1) is 0 Å². The van der Waals surface area contributed by atoms with E-state index < -0.39 is 5.97 Å². The number of carboxylic acids is 1. The van der Waals surface area contributed by atoms with E-state index in [1.165, 1.54) is 18.6 Å². The van der Waals surface area contributed by atoms with Crippen molar-refractivity contribution in [3.8, 4) is 0 Å². The van der Waals surface area contributed by atoms with Crippen molar-refractivity contribution in [3.63, 3.8) is 0 Å². The first kappa shape index (κ1) is 11.6. The molecule has 1 fully saturated rings. The summed E-state index contributed by atoms with van der Waals surface area (Å²) in [6.45, 7) is 0. The number of hydrogen-bond acceptors (Lipinski definition) is 3. The van der Waals surface area contributed by atoms with Crippen LogP contribution < -0.4 is 0 Å². The van der Waals surface area contributed by atoms with Crippen LogP contribution in [0.1, 0.15) is 40.7 Å². The Bertz CT molecular complexity index is 588. The van der Waals surface area contributed by atoms with Gasteiger partial charge in [0, 0.05) is 11.4 Å². The summed E-state index contributed by atoms with van der Waals surface area (Å²) in [5.41, 5.74) is 2.00. The Hall–Kier alpha value is -1.49. The highest BCUT2D eigenvalue weighted by Gasteiger charge is 2.20. The average molecular weight is 262 g/mol. The van der Waals surface area contributed by atoms with Crippen LogP contribution >= 0.6 is 11.8 Å². The summed E-state index contributed by atoms with van der Waals surface area (Å²) in [7, 11) is 0. The van der Waals surface area contributed by atoms with E-state index >= 15 is 0 Å². The first-order valence-electron chi connectivity index (χ1n) is 6.08. The number of fused-ring (bicyclic) bond motifs is 1. The predicted octanol–water partition coefficient (Wildman–Crippen LogP) is 2.99. The van der Waals surface area contributed by atoms with Gasteiger partial charge in [-0.3, -0.25) is 4.40 Å². The molecule has 4 nitrogen and oxygen atoms in total. The van der Waals surface area contributed by atoms with Crippen molar-refractivity contribution in [2.24, 2.45) is 0 Å². The third-order valence-electron chi connectivity index (χ3n) is 3.24. The molecule has 2 aromatic heterocycles. The van der Waals surface area contributed by atoms with E-state index in [-0.39, 0.29) is 5.69 Å². The number of pyridine rings is 1. The number of rotatable bonds is 2. The maximum absolute atomic E-state index is 11.1. The van der Waals surface area contributed by atoms with Crippen molar-refractivity contribution in [2.75, 3.05) is 5.75 Å². The molecule has 0 radical (unpaired) electrons. The van der Waals surface area contributed by atoms with E-state index in [0.29, 0.717) is 5.25 Å². The normalized spacial score (nSPS) is 20.1. The summed E-state index contributed by atoms with van der Waals surface area (Å²) in [6.07, 6.45) is 5.52. The summed E-state index contributed by atoms with van der Waals surface area (Å²) in [5.74, 6) is 0.255. The second-order valence-corrected chi connectivity index (χ2v) is 5.78. The number of carboxylic acid groups (broad SMARTS) is 1. The third-order valence-corrected chi connectivity index (χ3v) is 4.64. The van der Waals surface area contributed by atoms with Gasteiger partial charge in [-0.05, 0) is 30.7 Å². The highest BCUT2D eigenvalue weighted by atomic mass is 32.2. The molecule has 0 spiro atoms. The summed E-state index contributed by atoms with van der Waals surface area (Å²) in [4.78, 5) is 15.7. The Labute approximate surface area is 109 Å². The molecule has 0 aromatic carbocycles. The third kappa shape index (κ3) is 1.99. The van der Waals surface area contributed by atoms with Crippen LogP contribution in [0.15, 0.2) is 24.4 Å². The highest BCUT2D eigenvalue weighted by molar-refractivity contribution is 7.99. The number of thioether (sulfide) groups is 1. The maximum Gasteiger partial charge on any atom is 0.352 e. The van der Waals surface area contributed by atoms with Crippen molar-refractivity contribution < 1.29 is 9.90 Å². The molecule has 2 aromatic rings. The first-order valence-corrected chi connectivity index (χ1v) is 7.13. The average Bonchev–Trinajstić information content (AvgIpc) is 2.83. The van der Waals surface area contributed by atoms with Gasteiger partial charge in [-0.2, -0.15) is 11.8 Å². The van der Waals surface area contributed by atoms with Crippen molar-refractivity contribution in [1.82, 2.24) is 9.38 Å². The molecular formula is C13H14N2O2S. The van der Waals surface area contributed by atoms with Crippen LogP contribution in [0.5, 0.6) is 0 Å². The second-order valence-electron chi connectivity index (χ2n) is 4.47. The minimum Gasteiger partial charge on any atom is -0.477 e. The van der Waals surface area contributed by atoms with Crippen LogP contribution in [-0.2, 0) is 0 Å². The smallest absolute Gasteiger partial charge is 0.352 e. The predicted molar refractivity (Wildman–Crippen MR) is 71.2 cm³/mol. The molecule has 1 unspecified atom stereocenters. The van der Waals surface area contributed by atoms with Crippen LogP contribution in [-0.4, -0.2) is 26.2 Å². The summed E-state index contributed by atoms with van der Waals surface area (Å²) in [6, 6.07) is 5.20. The van der Waals surface area contributed by atoms with Crippen LogP contribution in [0.25, 0.3) is 5.65 Å². The molecule has 1 atom stereocenters. The van der Waals surface area contributed by atoms with E-state index in [0.717, 1.165) is 17.8 Å². The van der Waals surface area contributed by atoms with Crippen molar-refractivity contribution >= 4 is 23.4 Å². The Balaban J connectivity index is 2.04. The lowest BCUT2D eigenvalue weighted by Gasteiger charge is -2.18. The molecule has 1 saturated heterocycles. The molecule has 3 rings (SSSR count). The summed E-state index contributed by atoms with van der Waals surface area (Å²) in [5, 5.41) is 9.57. The number of imidazole rings is 1. The highest BCUT2D eigenvalue weighted by Crippen LogP contribution is 2.37. The van der Waals surface area contributed by atoms with Crippen molar-refractivity contribution in [3.05, 3.63) is 35.8 Å². The minimum atomic E-state index is -0.916. The molecule has 1 aliphatic rings. The van der Waals surface area contributed by atoms with Crippen LogP contribution in [0.2, 0.25) is 0 Å². The van der Waals surface area contributed by atoms with Crippen molar-refractivity contribution in [2.45, 2.75) is 24.5 Å². The van der Waals surface area contributed by atoms with Crippen LogP contribution in [0, 0.1) is 0 Å². The number of aromatic carboxylic acids is 1. The first-order chi connectivity index (χ1) is 8.75. The van der Waals surface area contributed by atoms with E-state index in [1.54, 1.807) is 16.5 Å². The zero-order valence-electron chi connectivity index (χ0n) is 9.87. The van der Waals surface area contributed by atoms with Gasteiger partial charge in [0.05, 0.1) is 5.69 Å². The Kier molecular flexibility index (Phi) is 2.99. The Morgan fingerprint density at radius 1 is 1.44 bits per heavy atom. The SMILES string of the molecule is O=C(O)c1cccc2nc(C3CCCCS3)cn12.